The molecular weight excluding hydrogens is 240 g/mol. The molecule has 1 saturated heterocycles. The maximum Gasteiger partial charge on any atom is 0.244 e. The first-order valence-electron chi connectivity index (χ1n) is 6.92. The highest BCUT2D eigenvalue weighted by Crippen LogP contribution is 2.26. The third-order valence-electron chi connectivity index (χ3n) is 4.15. The van der Waals surface area contributed by atoms with Crippen LogP contribution in [0, 0.1) is 0 Å². The monoisotopic (exact) mass is 260 g/mol. The fourth-order valence-electron chi connectivity index (χ4n) is 3.03. The number of carbonyl (C=O) groups is 1. The molecule has 4 nitrogen and oxygen atoms in total. The predicted octanol–water partition coefficient (Wildman–Crippen LogP) is 1.12. The first-order chi connectivity index (χ1) is 9.29. The van der Waals surface area contributed by atoms with Crippen LogP contribution in [0.3, 0.4) is 0 Å². The fourth-order valence-corrected chi connectivity index (χ4v) is 3.03. The van der Waals surface area contributed by atoms with Crippen LogP contribution < -0.4 is 5.32 Å². The number of nitrogens with zero attached hydrogens (tertiary/aromatic N) is 1. The highest BCUT2D eigenvalue weighted by molar-refractivity contribution is 5.84. The zero-order valence-corrected chi connectivity index (χ0v) is 11.3. The first-order valence-corrected chi connectivity index (χ1v) is 6.92. The zero-order chi connectivity index (χ0) is 13.2. The van der Waals surface area contributed by atoms with E-state index in [4.69, 9.17) is 4.74 Å². The van der Waals surface area contributed by atoms with E-state index >= 15 is 0 Å². The number of hydrogen-bond acceptors (Lipinski definition) is 3. The summed E-state index contributed by atoms with van der Waals surface area (Å²) in [6.45, 7) is 2.39. The standard InChI is InChI=1S/C15H20N2O2/c1-19-12-7-9-17(10-12)15(18)14-13-5-3-2-4-11(13)6-8-16-14/h2-5,12,14,16H,6-10H2,1H3. The SMILES string of the molecule is COC1CCN(C(=O)C2NCCc3ccccc32)C1. The van der Waals surface area contributed by atoms with Crippen LogP contribution in [-0.2, 0) is 16.0 Å². The third kappa shape index (κ3) is 2.38. The van der Waals surface area contributed by atoms with E-state index in [1.165, 1.54) is 5.56 Å². The zero-order valence-electron chi connectivity index (χ0n) is 11.3. The number of hydrogen-bond donors (Lipinski definition) is 1. The summed E-state index contributed by atoms with van der Waals surface area (Å²) in [5.74, 6) is 0.187. The van der Waals surface area contributed by atoms with E-state index in [1.807, 2.05) is 17.0 Å². The minimum absolute atomic E-state index is 0.180. The average Bonchev–Trinajstić information content (AvgIpc) is 2.95. The van der Waals surface area contributed by atoms with Gasteiger partial charge in [-0.15, -0.1) is 0 Å². The number of carbonyl (C=O) groups excluding carboxylic acids is 1. The van der Waals surface area contributed by atoms with Crippen LogP contribution in [0.25, 0.3) is 0 Å². The van der Waals surface area contributed by atoms with E-state index in [9.17, 15) is 4.79 Å². The Hall–Kier alpha value is -1.39. The van der Waals surface area contributed by atoms with E-state index in [0.29, 0.717) is 0 Å². The van der Waals surface area contributed by atoms with Crippen LogP contribution in [-0.4, -0.2) is 43.7 Å². The van der Waals surface area contributed by atoms with Crippen molar-refractivity contribution in [2.24, 2.45) is 0 Å². The number of likely N-dealkylation sites (tertiary alicyclic amines) is 1. The van der Waals surface area contributed by atoms with Crippen molar-refractivity contribution < 1.29 is 9.53 Å². The van der Waals surface area contributed by atoms with Crippen LogP contribution in [0.5, 0.6) is 0 Å². The Morgan fingerprint density at radius 1 is 1.42 bits per heavy atom. The highest BCUT2D eigenvalue weighted by Gasteiger charge is 2.33. The van der Waals surface area contributed by atoms with E-state index in [0.717, 1.165) is 38.0 Å². The van der Waals surface area contributed by atoms with Gasteiger partial charge in [0.2, 0.25) is 5.91 Å². The lowest BCUT2D eigenvalue weighted by atomic mass is 9.93. The lowest BCUT2D eigenvalue weighted by Crippen LogP contribution is -2.43. The van der Waals surface area contributed by atoms with Crippen molar-refractivity contribution in [1.29, 1.82) is 0 Å². The Labute approximate surface area is 113 Å². The number of amides is 1. The molecule has 1 amide bonds. The van der Waals surface area contributed by atoms with Crippen LogP contribution >= 0.6 is 0 Å². The van der Waals surface area contributed by atoms with Crippen molar-refractivity contribution in [3.05, 3.63) is 35.4 Å². The van der Waals surface area contributed by atoms with Gasteiger partial charge in [-0.05, 0) is 24.0 Å². The van der Waals surface area contributed by atoms with Crippen molar-refractivity contribution in [3.8, 4) is 0 Å². The molecule has 0 aromatic heterocycles. The number of methoxy groups -OCH3 is 1. The average molecular weight is 260 g/mol. The number of benzene rings is 1. The summed E-state index contributed by atoms with van der Waals surface area (Å²) in [6.07, 6.45) is 2.14. The fraction of sp³-hybridized carbons (Fsp3) is 0.533. The molecule has 0 aliphatic carbocycles. The van der Waals surface area contributed by atoms with Gasteiger partial charge in [0.1, 0.15) is 6.04 Å². The number of nitrogens with one attached hydrogen (secondary N) is 1. The topological polar surface area (TPSA) is 41.6 Å². The molecule has 0 bridgehead atoms. The minimum Gasteiger partial charge on any atom is -0.380 e. The van der Waals surface area contributed by atoms with Gasteiger partial charge in [0, 0.05) is 26.7 Å². The van der Waals surface area contributed by atoms with Gasteiger partial charge in [-0.2, -0.15) is 0 Å². The van der Waals surface area contributed by atoms with Crippen LogP contribution in [0.15, 0.2) is 24.3 Å². The van der Waals surface area contributed by atoms with Gasteiger partial charge in [-0.25, -0.2) is 0 Å². The summed E-state index contributed by atoms with van der Waals surface area (Å²) in [4.78, 5) is 14.6. The second kappa shape index (κ2) is 5.31. The smallest absolute Gasteiger partial charge is 0.244 e. The van der Waals surface area contributed by atoms with E-state index < -0.39 is 0 Å². The molecule has 1 fully saturated rings. The maximum atomic E-state index is 12.6. The molecule has 1 aromatic carbocycles. The molecule has 102 valence electrons. The van der Waals surface area contributed by atoms with Gasteiger partial charge in [-0.3, -0.25) is 4.79 Å². The molecule has 19 heavy (non-hydrogen) atoms. The van der Waals surface area contributed by atoms with Gasteiger partial charge in [0.05, 0.1) is 6.10 Å². The van der Waals surface area contributed by atoms with Crippen LogP contribution in [0.4, 0.5) is 0 Å². The molecule has 0 spiro atoms. The van der Waals surface area contributed by atoms with Gasteiger partial charge in [0.15, 0.2) is 0 Å². The Morgan fingerprint density at radius 2 is 2.26 bits per heavy atom. The van der Waals surface area contributed by atoms with Crippen molar-refractivity contribution in [1.82, 2.24) is 10.2 Å². The maximum absolute atomic E-state index is 12.6. The van der Waals surface area contributed by atoms with Crippen LogP contribution in [0.2, 0.25) is 0 Å². The molecule has 1 N–H and O–H groups in total. The molecule has 2 unspecified atom stereocenters. The summed E-state index contributed by atoms with van der Waals surface area (Å²) < 4.78 is 5.33. The highest BCUT2D eigenvalue weighted by atomic mass is 16.5. The Morgan fingerprint density at radius 3 is 3.05 bits per heavy atom. The van der Waals surface area contributed by atoms with Gasteiger partial charge < -0.3 is 15.0 Å². The summed E-state index contributed by atoms with van der Waals surface area (Å²) in [5, 5.41) is 3.35. The van der Waals surface area contributed by atoms with Crippen molar-refractivity contribution in [3.63, 3.8) is 0 Å². The second-order valence-corrected chi connectivity index (χ2v) is 5.27. The summed E-state index contributed by atoms with van der Waals surface area (Å²) >= 11 is 0. The summed E-state index contributed by atoms with van der Waals surface area (Å²) in [5.41, 5.74) is 2.43. The summed E-state index contributed by atoms with van der Waals surface area (Å²) in [6, 6.07) is 8.06. The van der Waals surface area contributed by atoms with Crippen molar-refractivity contribution in [2.45, 2.75) is 25.0 Å². The Balaban J connectivity index is 1.78. The molecule has 4 heteroatoms. The molecule has 2 atom stereocenters. The van der Waals surface area contributed by atoms with Gasteiger partial charge in [-0.1, -0.05) is 24.3 Å². The molecule has 2 heterocycles. The molecule has 3 rings (SSSR count). The second-order valence-electron chi connectivity index (χ2n) is 5.27. The van der Waals surface area contributed by atoms with Gasteiger partial charge in [0.25, 0.3) is 0 Å². The minimum atomic E-state index is -0.180. The van der Waals surface area contributed by atoms with E-state index in [-0.39, 0.29) is 18.1 Å². The van der Waals surface area contributed by atoms with Crippen molar-refractivity contribution in [2.75, 3.05) is 26.7 Å². The molecule has 2 aliphatic rings. The quantitative estimate of drug-likeness (QED) is 0.866. The molecule has 1 aromatic rings. The number of fused-ring (bicyclic) bond motifs is 1. The largest absolute Gasteiger partial charge is 0.380 e. The summed E-state index contributed by atoms with van der Waals surface area (Å²) in [7, 11) is 1.72. The molecule has 2 aliphatic heterocycles. The third-order valence-corrected chi connectivity index (χ3v) is 4.15. The first kappa shape index (κ1) is 12.6. The van der Waals surface area contributed by atoms with E-state index in [1.54, 1.807) is 7.11 Å². The van der Waals surface area contributed by atoms with E-state index in [2.05, 4.69) is 17.4 Å². The predicted molar refractivity (Wildman–Crippen MR) is 72.9 cm³/mol. The molecule has 0 radical (unpaired) electrons. The van der Waals surface area contributed by atoms with Gasteiger partial charge >= 0.3 is 0 Å². The normalized spacial score (nSPS) is 26.3. The number of ether oxygens (including phenoxy) is 1. The number of rotatable bonds is 2. The lowest BCUT2D eigenvalue weighted by Gasteiger charge is -2.29. The lowest BCUT2D eigenvalue weighted by molar-refractivity contribution is -0.133. The Bertz CT molecular complexity index is 475. The Kier molecular flexibility index (Phi) is 3.53. The molecular formula is C15H20N2O2. The van der Waals surface area contributed by atoms with Crippen LogP contribution in [0.1, 0.15) is 23.6 Å². The van der Waals surface area contributed by atoms with Crippen molar-refractivity contribution >= 4 is 5.91 Å². The molecule has 0 saturated carbocycles.